The van der Waals surface area contributed by atoms with Gasteiger partial charge in [0.15, 0.2) is 0 Å². The van der Waals surface area contributed by atoms with E-state index in [2.05, 4.69) is 24.9 Å². The number of hydrogen-bond donors (Lipinski definition) is 0. The molecule has 1 heterocycles. The van der Waals surface area contributed by atoms with Crippen LogP contribution in [-0.4, -0.2) is 10.7 Å². The molecule has 0 bridgehead atoms. The van der Waals surface area contributed by atoms with Crippen LogP contribution in [0, 0.1) is 17.2 Å². The first-order valence-corrected chi connectivity index (χ1v) is 6.34. The molecule has 0 aromatic carbocycles. The topological polar surface area (TPSA) is 36.7 Å². The average molecular weight is 220 g/mol. The molecule has 0 aliphatic rings. The second kappa shape index (κ2) is 6.47. The molecule has 3 heteroatoms. The van der Waals surface area contributed by atoms with Crippen LogP contribution < -0.4 is 0 Å². The second-order valence-corrected chi connectivity index (χ2v) is 4.72. The summed E-state index contributed by atoms with van der Waals surface area (Å²) >= 11 is 1.92. The van der Waals surface area contributed by atoms with Crippen LogP contribution in [0.25, 0.3) is 0 Å². The number of hydrogen-bond acceptors (Lipinski definition) is 3. The Morgan fingerprint density at radius 2 is 2.40 bits per heavy atom. The van der Waals surface area contributed by atoms with Gasteiger partial charge in [-0.25, -0.2) is 4.98 Å². The van der Waals surface area contributed by atoms with E-state index < -0.39 is 0 Å². The van der Waals surface area contributed by atoms with Crippen molar-refractivity contribution in [2.24, 2.45) is 5.92 Å². The van der Waals surface area contributed by atoms with Gasteiger partial charge in [-0.3, -0.25) is 0 Å². The second-order valence-electron chi connectivity index (χ2n) is 3.69. The molecule has 0 aliphatic carbocycles. The zero-order valence-electron chi connectivity index (χ0n) is 9.23. The molecule has 0 fully saturated rings. The van der Waals surface area contributed by atoms with E-state index in [-0.39, 0.29) is 0 Å². The van der Waals surface area contributed by atoms with Crippen molar-refractivity contribution in [3.63, 3.8) is 0 Å². The zero-order valence-corrected chi connectivity index (χ0v) is 10.0. The van der Waals surface area contributed by atoms with Gasteiger partial charge < -0.3 is 0 Å². The maximum atomic E-state index is 8.69. The summed E-state index contributed by atoms with van der Waals surface area (Å²) in [5.41, 5.74) is 1.70. The monoisotopic (exact) mass is 220 g/mol. The molecule has 1 aromatic rings. The van der Waals surface area contributed by atoms with Crippen molar-refractivity contribution in [3.05, 3.63) is 29.6 Å². The highest BCUT2D eigenvalue weighted by molar-refractivity contribution is 7.98. The number of aromatic nitrogens is 1. The van der Waals surface area contributed by atoms with E-state index in [1.165, 1.54) is 17.7 Å². The molecule has 0 amide bonds. The highest BCUT2D eigenvalue weighted by atomic mass is 32.2. The van der Waals surface area contributed by atoms with E-state index in [4.69, 9.17) is 5.26 Å². The first kappa shape index (κ1) is 12.1. The maximum Gasteiger partial charge on any atom is 0.140 e. The molecule has 1 rings (SSSR count). The molecule has 15 heavy (non-hydrogen) atoms. The largest absolute Gasteiger partial charge is 0.246 e. The molecular weight excluding hydrogens is 204 g/mol. The molecule has 2 nitrogen and oxygen atoms in total. The minimum atomic E-state index is 0.511. The highest BCUT2D eigenvalue weighted by Gasteiger charge is 2.00. The molecule has 0 saturated carbocycles. The summed E-state index contributed by atoms with van der Waals surface area (Å²) in [5.74, 6) is 2.93. The van der Waals surface area contributed by atoms with Gasteiger partial charge in [-0.1, -0.05) is 20.3 Å². The fourth-order valence-corrected chi connectivity index (χ4v) is 2.29. The van der Waals surface area contributed by atoms with Crippen molar-refractivity contribution in [1.82, 2.24) is 4.98 Å². The van der Waals surface area contributed by atoms with Crippen LogP contribution in [0.2, 0.25) is 0 Å². The summed E-state index contributed by atoms with van der Waals surface area (Å²) in [6.45, 7) is 4.48. The summed E-state index contributed by atoms with van der Waals surface area (Å²) in [4.78, 5) is 3.95. The van der Waals surface area contributed by atoms with Gasteiger partial charge in [0.25, 0.3) is 0 Å². The third-order valence-corrected chi connectivity index (χ3v) is 3.65. The minimum Gasteiger partial charge on any atom is -0.246 e. The fourth-order valence-electron chi connectivity index (χ4n) is 1.12. The third-order valence-electron chi connectivity index (χ3n) is 2.31. The summed E-state index contributed by atoms with van der Waals surface area (Å²) < 4.78 is 0. The predicted molar refractivity (Wildman–Crippen MR) is 64.6 cm³/mol. The van der Waals surface area contributed by atoms with Crippen molar-refractivity contribution in [2.45, 2.75) is 26.0 Å². The molecule has 0 saturated heterocycles. The van der Waals surface area contributed by atoms with Crippen LogP contribution in [0.3, 0.4) is 0 Å². The lowest BCUT2D eigenvalue weighted by molar-refractivity contribution is 0.637. The molecule has 1 unspecified atom stereocenters. The average Bonchev–Trinajstić information content (AvgIpc) is 2.29. The maximum absolute atomic E-state index is 8.69. The van der Waals surface area contributed by atoms with Crippen molar-refractivity contribution >= 4 is 11.8 Å². The summed E-state index contributed by atoms with van der Waals surface area (Å²) in [7, 11) is 0. The fraction of sp³-hybridized carbons (Fsp3) is 0.500. The first-order valence-electron chi connectivity index (χ1n) is 5.19. The van der Waals surface area contributed by atoms with Crippen molar-refractivity contribution in [3.8, 4) is 6.07 Å². The molecule has 1 aromatic heterocycles. The molecule has 0 N–H and O–H groups in total. The number of thioether (sulfide) groups is 1. The van der Waals surface area contributed by atoms with E-state index in [9.17, 15) is 0 Å². The molecule has 0 spiro atoms. The van der Waals surface area contributed by atoms with Crippen molar-refractivity contribution in [2.75, 3.05) is 5.75 Å². The normalized spacial score (nSPS) is 12.1. The third kappa shape index (κ3) is 4.35. The lowest BCUT2D eigenvalue weighted by Crippen LogP contribution is -1.96. The summed E-state index contributed by atoms with van der Waals surface area (Å²) in [6.07, 6.45) is 2.94. The van der Waals surface area contributed by atoms with E-state index in [0.717, 1.165) is 11.7 Å². The molecule has 80 valence electrons. The van der Waals surface area contributed by atoms with Gasteiger partial charge in [0.05, 0.1) is 0 Å². The standard InChI is InChI=1S/C12H16N2S/c1-3-10(2)8-15-9-11-4-5-14-12(6-11)7-13/h4-6,10H,3,8-9H2,1-2H3. The molecule has 0 aliphatic heterocycles. The molecule has 0 radical (unpaired) electrons. The number of pyridine rings is 1. The van der Waals surface area contributed by atoms with Gasteiger partial charge in [-0.05, 0) is 29.4 Å². The quantitative estimate of drug-likeness (QED) is 0.764. The van der Waals surface area contributed by atoms with Gasteiger partial charge in [0.2, 0.25) is 0 Å². The number of nitriles is 1. The smallest absolute Gasteiger partial charge is 0.140 e. The number of nitrogens with zero attached hydrogens (tertiary/aromatic N) is 2. The minimum absolute atomic E-state index is 0.511. The predicted octanol–water partition coefficient (Wildman–Crippen LogP) is 3.23. The Morgan fingerprint density at radius 1 is 1.60 bits per heavy atom. The lowest BCUT2D eigenvalue weighted by Gasteiger charge is -2.07. The van der Waals surface area contributed by atoms with Gasteiger partial charge in [-0.15, -0.1) is 0 Å². The molecule has 1 atom stereocenters. The van der Waals surface area contributed by atoms with Gasteiger partial charge in [0, 0.05) is 11.9 Å². The van der Waals surface area contributed by atoms with E-state index in [1.807, 2.05) is 23.9 Å². The van der Waals surface area contributed by atoms with Crippen molar-refractivity contribution < 1.29 is 0 Å². The highest BCUT2D eigenvalue weighted by Crippen LogP contribution is 2.16. The first-order chi connectivity index (χ1) is 7.26. The Balaban J connectivity index is 2.41. The summed E-state index contributed by atoms with van der Waals surface area (Å²) in [5, 5.41) is 8.69. The Bertz CT molecular complexity index is 344. The van der Waals surface area contributed by atoms with Crippen LogP contribution in [0.5, 0.6) is 0 Å². The Kier molecular flexibility index (Phi) is 5.20. The SMILES string of the molecule is CCC(C)CSCc1ccnc(C#N)c1. The van der Waals surface area contributed by atoms with E-state index in [0.29, 0.717) is 5.69 Å². The zero-order chi connectivity index (χ0) is 11.1. The summed E-state index contributed by atoms with van der Waals surface area (Å²) in [6, 6.07) is 5.90. The van der Waals surface area contributed by atoms with Gasteiger partial charge in [0.1, 0.15) is 11.8 Å². The lowest BCUT2D eigenvalue weighted by atomic mass is 10.2. The molecular formula is C12H16N2S. The van der Waals surface area contributed by atoms with Gasteiger partial charge in [-0.2, -0.15) is 17.0 Å². The van der Waals surface area contributed by atoms with Crippen LogP contribution in [-0.2, 0) is 5.75 Å². The van der Waals surface area contributed by atoms with Crippen LogP contribution >= 0.6 is 11.8 Å². The van der Waals surface area contributed by atoms with Crippen LogP contribution in [0.4, 0.5) is 0 Å². The number of rotatable bonds is 5. The van der Waals surface area contributed by atoms with Crippen LogP contribution in [0.1, 0.15) is 31.5 Å². The van der Waals surface area contributed by atoms with E-state index in [1.54, 1.807) is 6.20 Å². The van der Waals surface area contributed by atoms with Gasteiger partial charge >= 0.3 is 0 Å². The Hall–Kier alpha value is -1.01. The Morgan fingerprint density at radius 3 is 3.07 bits per heavy atom. The Labute approximate surface area is 95.7 Å². The van der Waals surface area contributed by atoms with Crippen LogP contribution in [0.15, 0.2) is 18.3 Å². The van der Waals surface area contributed by atoms with Crippen molar-refractivity contribution in [1.29, 1.82) is 5.26 Å². The van der Waals surface area contributed by atoms with E-state index >= 15 is 0 Å².